The summed E-state index contributed by atoms with van der Waals surface area (Å²) in [6.45, 7) is 0. The molecule has 0 fully saturated rings. The van der Waals surface area contributed by atoms with Gasteiger partial charge < -0.3 is 10.6 Å². The molecule has 4 rings (SSSR count). The van der Waals surface area contributed by atoms with Crippen LogP contribution in [0, 0.1) is 0 Å². The molecule has 3 aromatic rings. The number of anilines is 1. The number of urea groups is 1. The summed E-state index contributed by atoms with van der Waals surface area (Å²) in [4.78, 5) is 43.4. The number of amides is 4. The predicted octanol–water partition coefficient (Wildman–Crippen LogP) is 3.07. The van der Waals surface area contributed by atoms with Gasteiger partial charge in [-0.15, -0.1) is 0 Å². The third-order valence-electron chi connectivity index (χ3n) is 4.63. The molecule has 1 unspecified atom stereocenters. The first kappa shape index (κ1) is 18.4. The maximum Gasteiger partial charge on any atom is 0.320 e. The van der Waals surface area contributed by atoms with Crippen molar-refractivity contribution in [2.45, 2.75) is 12.6 Å². The molecule has 2 heterocycles. The second-order valence-electron chi connectivity index (χ2n) is 6.57. The molecule has 1 atom stereocenters. The van der Waals surface area contributed by atoms with E-state index in [4.69, 9.17) is 0 Å². The Morgan fingerprint density at radius 1 is 0.897 bits per heavy atom. The molecule has 1 aromatic heterocycles. The Hall–Kier alpha value is -4.00. The van der Waals surface area contributed by atoms with Crippen molar-refractivity contribution in [3.05, 3.63) is 95.8 Å². The lowest BCUT2D eigenvalue weighted by molar-refractivity contribution is 0.0565. The van der Waals surface area contributed by atoms with Crippen molar-refractivity contribution in [3.8, 4) is 0 Å². The Morgan fingerprint density at radius 2 is 1.55 bits per heavy atom. The van der Waals surface area contributed by atoms with Crippen LogP contribution in [0.25, 0.3) is 0 Å². The number of rotatable bonds is 5. The Balaban J connectivity index is 1.60. The molecular formula is C22H18N4O3. The van der Waals surface area contributed by atoms with E-state index in [2.05, 4.69) is 15.6 Å². The highest BCUT2D eigenvalue weighted by atomic mass is 16.2. The number of carbonyl (C=O) groups is 3. The van der Waals surface area contributed by atoms with E-state index in [1.165, 1.54) is 6.20 Å². The Kier molecular flexibility index (Phi) is 5.03. The van der Waals surface area contributed by atoms with Gasteiger partial charge in [-0.1, -0.05) is 42.5 Å². The van der Waals surface area contributed by atoms with Crippen LogP contribution >= 0.6 is 0 Å². The minimum Gasteiger partial charge on any atom is -0.317 e. The molecule has 0 spiro atoms. The zero-order valence-electron chi connectivity index (χ0n) is 15.4. The van der Waals surface area contributed by atoms with Crippen LogP contribution < -0.4 is 10.6 Å². The van der Waals surface area contributed by atoms with E-state index in [-0.39, 0.29) is 6.42 Å². The summed E-state index contributed by atoms with van der Waals surface area (Å²) < 4.78 is 0. The van der Waals surface area contributed by atoms with Crippen molar-refractivity contribution in [2.24, 2.45) is 0 Å². The van der Waals surface area contributed by atoms with Crippen molar-refractivity contribution >= 4 is 23.5 Å². The van der Waals surface area contributed by atoms with Gasteiger partial charge in [-0.25, -0.2) is 4.79 Å². The lowest BCUT2D eigenvalue weighted by Crippen LogP contribution is -2.53. The molecule has 0 saturated heterocycles. The van der Waals surface area contributed by atoms with Gasteiger partial charge in [0.15, 0.2) is 0 Å². The number of imide groups is 1. The van der Waals surface area contributed by atoms with E-state index in [1.807, 2.05) is 30.3 Å². The fourth-order valence-corrected chi connectivity index (χ4v) is 3.29. The maximum atomic E-state index is 12.9. The highest BCUT2D eigenvalue weighted by Gasteiger charge is 2.40. The number of hydrogen-bond donors (Lipinski definition) is 2. The maximum absolute atomic E-state index is 12.9. The summed E-state index contributed by atoms with van der Waals surface area (Å²) in [6, 6.07) is 18.9. The van der Waals surface area contributed by atoms with Crippen LogP contribution in [0.2, 0.25) is 0 Å². The smallest absolute Gasteiger partial charge is 0.317 e. The van der Waals surface area contributed by atoms with Gasteiger partial charge in [0.05, 0.1) is 23.0 Å². The fraction of sp³-hybridized carbons (Fsp3) is 0.0909. The summed E-state index contributed by atoms with van der Waals surface area (Å²) in [7, 11) is 0. The minimum atomic E-state index is -0.846. The third kappa shape index (κ3) is 3.84. The zero-order valence-corrected chi connectivity index (χ0v) is 15.4. The second-order valence-corrected chi connectivity index (χ2v) is 6.57. The van der Waals surface area contributed by atoms with Crippen molar-refractivity contribution < 1.29 is 14.4 Å². The summed E-state index contributed by atoms with van der Waals surface area (Å²) >= 11 is 0. The van der Waals surface area contributed by atoms with Gasteiger partial charge in [0.1, 0.15) is 6.17 Å². The first-order valence-corrected chi connectivity index (χ1v) is 9.12. The number of benzene rings is 2. The molecule has 144 valence electrons. The number of pyridine rings is 1. The van der Waals surface area contributed by atoms with Gasteiger partial charge >= 0.3 is 6.03 Å². The third-order valence-corrected chi connectivity index (χ3v) is 4.63. The SMILES string of the molecule is O=C(Nc1cccnc1)NC(Cc1ccccc1)N1C(=O)c2ccccc2C1=O. The minimum absolute atomic E-state index is 0.284. The summed E-state index contributed by atoms with van der Waals surface area (Å²) in [5.74, 6) is -0.846. The van der Waals surface area contributed by atoms with E-state index < -0.39 is 24.0 Å². The molecular weight excluding hydrogens is 368 g/mol. The predicted molar refractivity (Wildman–Crippen MR) is 107 cm³/mol. The first-order chi connectivity index (χ1) is 14.1. The van der Waals surface area contributed by atoms with E-state index in [0.29, 0.717) is 16.8 Å². The van der Waals surface area contributed by atoms with Crippen LogP contribution in [0.4, 0.5) is 10.5 Å². The van der Waals surface area contributed by atoms with Crippen molar-refractivity contribution in [2.75, 3.05) is 5.32 Å². The number of nitrogens with zero attached hydrogens (tertiary/aromatic N) is 2. The highest BCUT2D eigenvalue weighted by molar-refractivity contribution is 6.21. The molecule has 2 N–H and O–H groups in total. The van der Waals surface area contributed by atoms with Gasteiger partial charge in [-0.05, 0) is 29.8 Å². The Morgan fingerprint density at radius 3 is 2.17 bits per heavy atom. The molecule has 29 heavy (non-hydrogen) atoms. The number of nitrogens with one attached hydrogen (secondary N) is 2. The van der Waals surface area contributed by atoms with Gasteiger partial charge in [0.25, 0.3) is 11.8 Å². The molecule has 7 nitrogen and oxygen atoms in total. The van der Waals surface area contributed by atoms with Crippen LogP contribution in [0.15, 0.2) is 79.1 Å². The van der Waals surface area contributed by atoms with Crippen molar-refractivity contribution in [1.82, 2.24) is 15.2 Å². The average Bonchev–Trinajstić information content (AvgIpc) is 3.00. The lowest BCUT2D eigenvalue weighted by atomic mass is 10.1. The van der Waals surface area contributed by atoms with E-state index in [1.54, 1.807) is 42.6 Å². The second kappa shape index (κ2) is 7.93. The Bertz CT molecular complexity index is 1020. The van der Waals surface area contributed by atoms with Gasteiger partial charge in [-0.3, -0.25) is 19.5 Å². The standard InChI is InChI=1S/C22H18N4O3/c27-20-17-10-4-5-11-18(17)21(28)26(20)19(13-15-7-2-1-3-8-15)25-22(29)24-16-9-6-12-23-14-16/h1-12,14,19H,13H2,(H2,24,25,29). The molecule has 1 aliphatic rings. The Labute approximate surface area is 167 Å². The molecule has 0 bridgehead atoms. The largest absolute Gasteiger partial charge is 0.320 e. The topological polar surface area (TPSA) is 91.4 Å². The fourth-order valence-electron chi connectivity index (χ4n) is 3.29. The molecule has 4 amide bonds. The van der Waals surface area contributed by atoms with Crippen LogP contribution in [-0.4, -0.2) is 33.9 Å². The molecule has 0 saturated carbocycles. The molecule has 1 aliphatic heterocycles. The molecule has 7 heteroatoms. The van der Waals surface area contributed by atoms with E-state index >= 15 is 0 Å². The average molecular weight is 386 g/mol. The highest BCUT2D eigenvalue weighted by Crippen LogP contribution is 2.25. The van der Waals surface area contributed by atoms with E-state index in [9.17, 15) is 14.4 Å². The lowest BCUT2D eigenvalue weighted by Gasteiger charge is -2.27. The number of fused-ring (bicyclic) bond motifs is 1. The van der Waals surface area contributed by atoms with Gasteiger partial charge in [-0.2, -0.15) is 0 Å². The van der Waals surface area contributed by atoms with Crippen molar-refractivity contribution in [1.29, 1.82) is 0 Å². The van der Waals surface area contributed by atoms with Gasteiger partial charge in [0, 0.05) is 12.6 Å². The van der Waals surface area contributed by atoms with Crippen LogP contribution in [0.1, 0.15) is 26.3 Å². The molecule has 2 aromatic carbocycles. The quantitative estimate of drug-likeness (QED) is 0.659. The number of carbonyl (C=O) groups excluding carboxylic acids is 3. The van der Waals surface area contributed by atoms with Crippen LogP contribution in [0.5, 0.6) is 0 Å². The van der Waals surface area contributed by atoms with Crippen LogP contribution in [-0.2, 0) is 6.42 Å². The monoisotopic (exact) mass is 386 g/mol. The number of aromatic nitrogens is 1. The normalized spacial score (nSPS) is 13.7. The van der Waals surface area contributed by atoms with Crippen molar-refractivity contribution in [3.63, 3.8) is 0 Å². The first-order valence-electron chi connectivity index (χ1n) is 9.12. The summed E-state index contributed by atoms with van der Waals surface area (Å²) in [5, 5.41) is 5.43. The molecule has 0 radical (unpaired) electrons. The van der Waals surface area contributed by atoms with Crippen LogP contribution in [0.3, 0.4) is 0 Å². The molecule has 0 aliphatic carbocycles. The number of hydrogen-bond acceptors (Lipinski definition) is 4. The zero-order chi connectivity index (χ0) is 20.2. The van der Waals surface area contributed by atoms with E-state index in [0.717, 1.165) is 10.5 Å². The summed E-state index contributed by atoms with van der Waals surface area (Å²) in [6.07, 6.45) is 2.54. The van der Waals surface area contributed by atoms with Gasteiger partial charge in [0.2, 0.25) is 0 Å². The summed E-state index contributed by atoms with van der Waals surface area (Å²) in [5.41, 5.74) is 2.07.